The van der Waals surface area contributed by atoms with Gasteiger partial charge in [-0.2, -0.15) is 0 Å². The highest BCUT2D eigenvalue weighted by Gasteiger charge is 2.13. The standard InChI is InChI=1S/C10H14N4O/c11-9-2-1-8(7-13-9)14-5-3-10(15)12-4-6-14/h1-2,7H,3-6H2,(H2,11,13)(H,12,15). The number of nitrogens with one attached hydrogen (secondary N) is 1. The lowest BCUT2D eigenvalue weighted by Crippen LogP contribution is -2.28. The quantitative estimate of drug-likeness (QED) is 0.678. The lowest BCUT2D eigenvalue weighted by molar-refractivity contribution is -0.120. The lowest BCUT2D eigenvalue weighted by atomic mass is 10.3. The van der Waals surface area contributed by atoms with E-state index < -0.39 is 0 Å². The van der Waals surface area contributed by atoms with E-state index in [0.29, 0.717) is 18.8 Å². The summed E-state index contributed by atoms with van der Waals surface area (Å²) in [5, 5.41) is 2.83. The Labute approximate surface area is 88.3 Å². The highest BCUT2D eigenvalue weighted by molar-refractivity contribution is 5.77. The van der Waals surface area contributed by atoms with Crippen molar-refractivity contribution >= 4 is 17.4 Å². The van der Waals surface area contributed by atoms with E-state index in [1.807, 2.05) is 6.07 Å². The fourth-order valence-electron chi connectivity index (χ4n) is 1.61. The van der Waals surface area contributed by atoms with Crippen LogP contribution >= 0.6 is 0 Å². The van der Waals surface area contributed by atoms with Gasteiger partial charge in [-0.25, -0.2) is 4.98 Å². The summed E-state index contributed by atoms with van der Waals surface area (Å²) in [5.41, 5.74) is 6.53. The van der Waals surface area contributed by atoms with Crippen molar-refractivity contribution < 1.29 is 4.79 Å². The molecule has 0 radical (unpaired) electrons. The molecule has 5 nitrogen and oxygen atoms in total. The van der Waals surface area contributed by atoms with Crippen LogP contribution in [0.1, 0.15) is 6.42 Å². The van der Waals surface area contributed by atoms with E-state index in [2.05, 4.69) is 15.2 Å². The number of anilines is 2. The van der Waals surface area contributed by atoms with E-state index >= 15 is 0 Å². The Morgan fingerprint density at radius 1 is 1.40 bits per heavy atom. The molecule has 2 heterocycles. The maximum absolute atomic E-state index is 11.1. The largest absolute Gasteiger partial charge is 0.384 e. The van der Waals surface area contributed by atoms with Crippen LogP contribution in [0.3, 0.4) is 0 Å². The lowest BCUT2D eigenvalue weighted by Gasteiger charge is -2.21. The number of nitrogens with two attached hydrogens (primary N) is 1. The Balaban J connectivity index is 2.09. The van der Waals surface area contributed by atoms with Crippen LogP contribution in [0, 0.1) is 0 Å². The second-order valence-electron chi connectivity index (χ2n) is 3.53. The molecule has 1 fully saturated rings. The van der Waals surface area contributed by atoms with Gasteiger partial charge in [-0.3, -0.25) is 4.79 Å². The summed E-state index contributed by atoms with van der Waals surface area (Å²) in [6, 6.07) is 3.70. The average Bonchev–Trinajstić information content (AvgIpc) is 2.44. The molecule has 0 saturated carbocycles. The highest BCUT2D eigenvalue weighted by atomic mass is 16.1. The van der Waals surface area contributed by atoms with E-state index in [0.717, 1.165) is 18.8 Å². The van der Waals surface area contributed by atoms with Crippen LogP contribution in [-0.4, -0.2) is 30.5 Å². The minimum absolute atomic E-state index is 0.112. The number of pyridine rings is 1. The van der Waals surface area contributed by atoms with Gasteiger partial charge in [0.2, 0.25) is 5.91 Å². The maximum atomic E-state index is 11.1. The summed E-state index contributed by atoms with van der Waals surface area (Å²) in [7, 11) is 0. The van der Waals surface area contributed by atoms with E-state index in [4.69, 9.17) is 5.73 Å². The van der Waals surface area contributed by atoms with Crippen LogP contribution in [0.5, 0.6) is 0 Å². The summed E-state index contributed by atoms with van der Waals surface area (Å²) < 4.78 is 0. The second-order valence-corrected chi connectivity index (χ2v) is 3.53. The summed E-state index contributed by atoms with van der Waals surface area (Å²) in [5.74, 6) is 0.628. The SMILES string of the molecule is Nc1ccc(N2CCNC(=O)CC2)cn1. The van der Waals surface area contributed by atoms with Crippen LogP contribution in [0.25, 0.3) is 0 Å². The van der Waals surface area contributed by atoms with E-state index in [1.165, 1.54) is 0 Å². The van der Waals surface area contributed by atoms with E-state index in [1.54, 1.807) is 12.3 Å². The van der Waals surface area contributed by atoms with Gasteiger partial charge in [0.25, 0.3) is 0 Å². The number of amides is 1. The molecule has 0 atom stereocenters. The molecule has 1 saturated heterocycles. The third-order valence-corrected chi connectivity index (χ3v) is 2.45. The van der Waals surface area contributed by atoms with Crippen molar-refractivity contribution in [2.45, 2.75) is 6.42 Å². The van der Waals surface area contributed by atoms with Gasteiger partial charge in [0, 0.05) is 26.1 Å². The molecule has 3 N–H and O–H groups in total. The third kappa shape index (κ3) is 2.37. The van der Waals surface area contributed by atoms with Crippen molar-refractivity contribution in [3.63, 3.8) is 0 Å². The van der Waals surface area contributed by atoms with Crippen LogP contribution in [0.4, 0.5) is 11.5 Å². The van der Waals surface area contributed by atoms with Crippen LogP contribution < -0.4 is 16.0 Å². The first-order chi connectivity index (χ1) is 7.25. The predicted octanol–water partition coefficient (Wildman–Crippen LogP) is -0.00990. The number of carbonyl (C=O) groups is 1. The van der Waals surface area contributed by atoms with Gasteiger partial charge >= 0.3 is 0 Å². The van der Waals surface area contributed by atoms with Gasteiger partial charge < -0.3 is 16.0 Å². The molecular formula is C10H14N4O. The molecule has 0 aromatic carbocycles. The Bertz CT molecular complexity index is 349. The summed E-state index contributed by atoms with van der Waals surface area (Å²) in [6.45, 7) is 2.23. The van der Waals surface area contributed by atoms with Gasteiger partial charge in [0.1, 0.15) is 5.82 Å². The second kappa shape index (κ2) is 4.16. The molecule has 0 aliphatic carbocycles. The highest BCUT2D eigenvalue weighted by Crippen LogP contribution is 2.14. The molecule has 1 aliphatic rings. The fourth-order valence-corrected chi connectivity index (χ4v) is 1.61. The number of nitrogens with zero attached hydrogens (tertiary/aromatic N) is 2. The van der Waals surface area contributed by atoms with Gasteiger partial charge in [-0.05, 0) is 12.1 Å². The van der Waals surface area contributed by atoms with Crippen molar-refractivity contribution in [1.29, 1.82) is 0 Å². The number of nitrogen functional groups attached to an aromatic ring is 1. The smallest absolute Gasteiger partial charge is 0.221 e. The van der Waals surface area contributed by atoms with E-state index in [-0.39, 0.29) is 5.91 Å². The van der Waals surface area contributed by atoms with Gasteiger partial charge in [-0.1, -0.05) is 0 Å². The molecule has 0 bridgehead atoms. The van der Waals surface area contributed by atoms with Crippen molar-refractivity contribution in [3.05, 3.63) is 18.3 Å². The number of aromatic nitrogens is 1. The van der Waals surface area contributed by atoms with Crippen molar-refractivity contribution in [1.82, 2.24) is 10.3 Å². The first kappa shape index (κ1) is 9.76. The zero-order chi connectivity index (χ0) is 10.7. The Kier molecular flexibility index (Phi) is 2.71. The van der Waals surface area contributed by atoms with Crippen molar-refractivity contribution in [2.75, 3.05) is 30.3 Å². The van der Waals surface area contributed by atoms with Crippen LogP contribution in [-0.2, 0) is 4.79 Å². The average molecular weight is 206 g/mol. The first-order valence-corrected chi connectivity index (χ1v) is 4.99. The van der Waals surface area contributed by atoms with Gasteiger partial charge in [0.05, 0.1) is 11.9 Å². The molecule has 2 rings (SSSR count). The molecule has 1 aromatic rings. The normalized spacial score (nSPS) is 17.1. The molecule has 15 heavy (non-hydrogen) atoms. The molecule has 1 aliphatic heterocycles. The molecule has 0 spiro atoms. The number of rotatable bonds is 1. The van der Waals surface area contributed by atoms with Gasteiger partial charge in [-0.15, -0.1) is 0 Å². The number of hydrogen-bond acceptors (Lipinski definition) is 4. The molecule has 1 aromatic heterocycles. The van der Waals surface area contributed by atoms with Crippen molar-refractivity contribution in [3.8, 4) is 0 Å². The maximum Gasteiger partial charge on any atom is 0.221 e. The van der Waals surface area contributed by atoms with Crippen LogP contribution in [0.15, 0.2) is 18.3 Å². The summed E-state index contributed by atoms with van der Waals surface area (Å²) in [4.78, 5) is 17.3. The third-order valence-electron chi connectivity index (χ3n) is 2.45. The first-order valence-electron chi connectivity index (χ1n) is 4.99. The molecule has 1 amide bonds. The minimum Gasteiger partial charge on any atom is -0.384 e. The Morgan fingerprint density at radius 2 is 2.27 bits per heavy atom. The van der Waals surface area contributed by atoms with Crippen LogP contribution in [0.2, 0.25) is 0 Å². The predicted molar refractivity (Wildman–Crippen MR) is 58.5 cm³/mol. The number of carbonyl (C=O) groups excluding carboxylic acids is 1. The minimum atomic E-state index is 0.112. The zero-order valence-corrected chi connectivity index (χ0v) is 8.44. The molecule has 80 valence electrons. The topological polar surface area (TPSA) is 71.2 Å². The Morgan fingerprint density at radius 3 is 3.00 bits per heavy atom. The van der Waals surface area contributed by atoms with E-state index in [9.17, 15) is 4.79 Å². The fraction of sp³-hybridized carbons (Fsp3) is 0.400. The molecule has 0 unspecified atom stereocenters. The zero-order valence-electron chi connectivity index (χ0n) is 8.44. The number of hydrogen-bond donors (Lipinski definition) is 2. The summed E-state index contributed by atoms with van der Waals surface area (Å²) in [6.07, 6.45) is 2.27. The van der Waals surface area contributed by atoms with Gasteiger partial charge in [0.15, 0.2) is 0 Å². The van der Waals surface area contributed by atoms with Crippen molar-refractivity contribution in [2.24, 2.45) is 0 Å². The molecule has 5 heteroatoms. The molecular weight excluding hydrogens is 192 g/mol. The summed E-state index contributed by atoms with van der Waals surface area (Å²) >= 11 is 0. The monoisotopic (exact) mass is 206 g/mol. The Hall–Kier alpha value is -1.78.